The van der Waals surface area contributed by atoms with E-state index >= 15 is 0 Å². The van der Waals surface area contributed by atoms with Gasteiger partial charge in [0, 0.05) is 23.9 Å². The number of hydrogen-bond donors (Lipinski definition) is 0. The summed E-state index contributed by atoms with van der Waals surface area (Å²) in [5.74, 6) is 0.582. The second kappa shape index (κ2) is 4.09. The summed E-state index contributed by atoms with van der Waals surface area (Å²) in [6, 6.07) is 4.33. The van der Waals surface area contributed by atoms with Crippen LogP contribution in [0.15, 0.2) is 12.1 Å². The zero-order valence-corrected chi connectivity index (χ0v) is 8.92. The normalized spacial score (nSPS) is 21.4. The minimum atomic E-state index is 0.582. The fourth-order valence-corrected chi connectivity index (χ4v) is 2.06. The predicted octanol–water partition coefficient (Wildman–Crippen LogP) is 2.46. The summed E-state index contributed by atoms with van der Waals surface area (Å²) >= 11 is 0. The van der Waals surface area contributed by atoms with Crippen LogP contribution in [0.5, 0.6) is 0 Å². The lowest BCUT2D eigenvalue weighted by molar-refractivity contribution is 0.193. The molecule has 1 fully saturated rings. The summed E-state index contributed by atoms with van der Waals surface area (Å²) in [6.07, 6.45) is 2.17. The second-order valence-electron chi connectivity index (χ2n) is 3.90. The molecule has 1 saturated heterocycles. The molecule has 2 nitrogen and oxygen atoms in total. The van der Waals surface area contributed by atoms with Gasteiger partial charge in [0.05, 0.1) is 6.61 Å². The number of hydrogen-bond acceptors (Lipinski definition) is 2. The summed E-state index contributed by atoms with van der Waals surface area (Å²) < 4.78 is 5.41. The second-order valence-corrected chi connectivity index (χ2v) is 3.90. The molecule has 76 valence electrons. The maximum atomic E-state index is 5.41. The Morgan fingerprint density at radius 3 is 3.00 bits per heavy atom. The first-order valence-electron chi connectivity index (χ1n) is 5.35. The first-order chi connectivity index (χ1) is 6.81. The average molecular weight is 191 g/mol. The number of pyridine rings is 1. The third-order valence-electron chi connectivity index (χ3n) is 2.85. The molecule has 2 heterocycles. The quantitative estimate of drug-likeness (QED) is 0.716. The van der Waals surface area contributed by atoms with Gasteiger partial charge >= 0.3 is 0 Å². The molecule has 2 heteroatoms. The van der Waals surface area contributed by atoms with Gasteiger partial charge in [-0.2, -0.15) is 0 Å². The number of rotatable bonds is 2. The van der Waals surface area contributed by atoms with Crippen LogP contribution in [0.1, 0.15) is 36.2 Å². The summed E-state index contributed by atoms with van der Waals surface area (Å²) in [7, 11) is 0. The Morgan fingerprint density at radius 1 is 1.50 bits per heavy atom. The van der Waals surface area contributed by atoms with Crippen LogP contribution in [0.4, 0.5) is 0 Å². The van der Waals surface area contributed by atoms with Gasteiger partial charge in [-0.25, -0.2) is 0 Å². The molecule has 0 radical (unpaired) electrons. The van der Waals surface area contributed by atoms with Crippen molar-refractivity contribution in [2.75, 3.05) is 13.2 Å². The highest BCUT2D eigenvalue weighted by Crippen LogP contribution is 2.27. The lowest BCUT2D eigenvalue weighted by Gasteiger charge is -2.12. The highest BCUT2D eigenvalue weighted by molar-refractivity contribution is 5.27. The van der Waals surface area contributed by atoms with E-state index in [0.29, 0.717) is 5.92 Å². The van der Waals surface area contributed by atoms with Gasteiger partial charge in [-0.1, -0.05) is 13.0 Å². The highest BCUT2D eigenvalue weighted by atomic mass is 16.5. The van der Waals surface area contributed by atoms with Crippen LogP contribution in [0.3, 0.4) is 0 Å². The molecule has 0 N–H and O–H groups in total. The summed E-state index contributed by atoms with van der Waals surface area (Å²) in [5, 5.41) is 0. The molecule has 0 aromatic carbocycles. The van der Waals surface area contributed by atoms with Gasteiger partial charge < -0.3 is 4.74 Å². The third-order valence-corrected chi connectivity index (χ3v) is 2.85. The average Bonchev–Trinajstić information content (AvgIpc) is 2.70. The van der Waals surface area contributed by atoms with E-state index in [-0.39, 0.29) is 0 Å². The van der Waals surface area contributed by atoms with Gasteiger partial charge in [0.15, 0.2) is 0 Å². The van der Waals surface area contributed by atoms with Crippen LogP contribution in [0, 0.1) is 6.92 Å². The first kappa shape index (κ1) is 9.66. The van der Waals surface area contributed by atoms with E-state index in [1.807, 2.05) is 6.92 Å². The fraction of sp³-hybridized carbons (Fsp3) is 0.583. The maximum absolute atomic E-state index is 5.41. The van der Waals surface area contributed by atoms with E-state index in [2.05, 4.69) is 24.0 Å². The van der Waals surface area contributed by atoms with Gasteiger partial charge in [-0.05, 0) is 31.4 Å². The molecule has 0 unspecified atom stereocenters. The van der Waals surface area contributed by atoms with Crippen LogP contribution in [-0.4, -0.2) is 18.2 Å². The predicted molar refractivity (Wildman–Crippen MR) is 56.5 cm³/mol. The van der Waals surface area contributed by atoms with Gasteiger partial charge in [0.2, 0.25) is 0 Å². The van der Waals surface area contributed by atoms with E-state index in [1.165, 1.54) is 11.3 Å². The fourth-order valence-electron chi connectivity index (χ4n) is 2.06. The van der Waals surface area contributed by atoms with Gasteiger partial charge in [0.1, 0.15) is 0 Å². The van der Waals surface area contributed by atoms with E-state index < -0.39 is 0 Å². The summed E-state index contributed by atoms with van der Waals surface area (Å²) in [4.78, 5) is 4.58. The van der Waals surface area contributed by atoms with Crippen molar-refractivity contribution in [3.8, 4) is 0 Å². The van der Waals surface area contributed by atoms with Crippen LogP contribution in [0.2, 0.25) is 0 Å². The molecule has 0 aliphatic carbocycles. The minimum Gasteiger partial charge on any atom is -0.381 e. The van der Waals surface area contributed by atoms with Crippen molar-refractivity contribution >= 4 is 0 Å². The zero-order chi connectivity index (χ0) is 9.97. The van der Waals surface area contributed by atoms with Crippen molar-refractivity contribution in [3.63, 3.8) is 0 Å². The number of nitrogens with zero attached hydrogens (tertiary/aromatic N) is 1. The van der Waals surface area contributed by atoms with Gasteiger partial charge in [0.25, 0.3) is 0 Å². The lowest BCUT2D eigenvalue weighted by Crippen LogP contribution is -2.04. The molecule has 0 amide bonds. The van der Waals surface area contributed by atoms with Crippen molar-refractivity contribution < 1.29 is 4.74 Å². The summed E-state index contributed by atoms with van der Waals surface area (Å²) in [6.45, 7) is 5.99. The molecule has 2 rings (SSSR count). The van der Waals surface area contributed by atoms with Gasteiger partial charge in [-0.3, -0.25) is 4.98 Å². The first-order valence-corrected chi connectivity index (χ1v) is 5.35. The van der Waals surface area contributed by atoms with Crippen molar-refractivity contribution in [1.82, 2.24) is 4.98 Å². The van der Waals surface area contributed by atoms with Crippen molar-refractivity contribution in [1.29, 1.82) is 0 Å². The Hall–Kier alpha value is -0.890. The molecule has 1 atom stereocenters. The third kappa shape index (κ3) is 1.80. The molecule has 1 aliphatic rings. The standard InChI is InChI=1S/C12H17NO/c1-3-12-11(5-4-9(2)13-12)10-6-7-14-8-10/h4-5,10H,3,6-8H2,1-2H3/t10-/m1/s1. The van der Waals surface area contributed by atoms with Crippen LogP contribution < -0.4 is 0 Å². The largest absolute Gasteiger partial charge is 0.381 e. The van der Waals surface area contributed by atoms with Crippen LogP contribution >= 0.6 is 0 Å². The number of aromatic nitrogens is 1. The number of aryl methyl sites for hydroxylation is 2. The number of ether oxygens (including phenoxy) is 1. The molecule has 1 aliphatic heterocycles. The lowest BCUT2D eigenvalue weighted by atomic mass is 9.95. The Bertz CT molecular complexity index is 316. The SMILES string of the molecule is CCc1nc(C)ccc1[C@@H]1CCOC1. The molecule has 0 saturated carbocycles. The van der Waals surface area contributed by atoms with E-state index in [4.69, 9.17) is 4.74 Å². The molecule has 1 aromatic heterocycles. The Kier molecular flexibility index (Phi) is 2.82. The van der Waals surface area contributed by atoms with Crippen molar-refractivity contribution in [2.45, 2.75) is 32.6 Å². The minimum absolute atomic E-state index is 0.582. The van der Waals surface area contributed by atoms with Crippen LogP contribution in [-0.2, 0) is 11.2 Å². The molecular formula is C12H17NO. The molecule has 0 bridgehead atoms. The summed E-state index contributed by atoms with van der Waals surface area (Å²) in [5.41, 5.74) is 3.76. The molecule has 14 heavy (non-hydrogen) atoms. The molecule has 0 spiro atoms. The van der Waals surface area contributed by atoms with Crippen LogP contribution in [0.25, 0.3) is 0 Å². The zero-order valence-electron chi connectivity index (χ0n) is 8.92. The van der Waals surface area contributed by atoms with E-state index in [9.17, 15) is 0 Å². The van der Waals surface area contributed by atoms with E-state index in [0.717, 1.165) is 31.7 Å². The van der Waals surface area contributed by atoms with Crippen molar-refractivity contribution in [3.05, 3.63) is 29.1 Å². The van der Waals surface area contributed by atoms with E-state index in [1.54, 1.807) is 0 Å². The van der Waals surface area contributed by atoms with Crippen molar-refractivity contribution in [2.24, 2.45) is 0 Å². The smallest absolute Gasteiger partial charge is 0.0536 e. The topological polar surface area (TPSA) is 22.1 Å². The van der Waals surface area contributed by atoms with Gasteiger partial charge in [-0.15, -0.1) is 0 Å². The highest BCUT2D eigenvalue weighted by Gasteiger charge is 2.20. The Labute approximate surface area is 85.3 Å². The monoisotopic (exact) mass is 191 g/mol. The Morgan fingerprint density at radius 2 is 2.36 bits per heavy atom. The Balaban J connectivity index is 2.31. The molecular weight excluding hydrogens is 174 g/mol. The maximum Gasteiger partial charge on any atom is 0.0536 e. The molecule has 1 aromatic rings.